The number of hydrogen-bond acceptors (Lipinski definition) is 11. The summed E-state index contributed by atoms with van der Waals surface area (Å²) < 4.78 is 6.09. The van der Waals surface area contributed by atoms with E-state index in [1.807, 2.05) is 0 Å². The first kappa shape index (κ1) is 50.7. The number of cyclic esters (lactones) is 1. The number of aliphatic hydroxyl groups excluding tert-OH is 2. The lowest BCUT2D eigenvalue weighted by atomic mass is 9.84. The molecule has 6 N–H and O–H groups in total. The van der Waals surface area contributed by atoms with Crippen molar-refractivity contribution in [2.75, 3.05) is 6.54 Å². The first-order valence-electron chi connectivity index (χ1n) is 22.8. The number of nitrogens with one attached hydrogen (secondary N) is 3. The van der Waals surface area contributed by atoms with E-state index in [0.29, 0.717) is 36.3 Å². The molecule has 1 unspecified atom stereocenters. The van der Waals surface area contributed by atoms with Crippen molar-refractivity contribution in [3.8, 4) is 5.75 Å². The van der Waals surface area contributed by atoms with Gasteiger partial charge in [-0.25, -0.2) is 5.43 Å². The fraction of sp³-hybridized carbons (Fsp3) is 0.592. The number of benzene rings is 1. The molecule has 2 aliphatic heterocycles. The average molecular weight is 875 g/mol. The number of phenolic OH excluding ortho intramolecular Hbond substituents is 1. The topological polar surface area (TPSA) is 212 Å². The summed E-state index contributed by atoms with van der Waals surface area (Å²) in [5, 5.41) is 39.7. The number of fused-ring (bicyclic) bond motifs is 2. The van der Waals surface area contributed by atoms with E-state index >= 15 is 0 Å². The molecule has 346 valence electrons. The van der Waals surface area contributed by atoms with Crippen molar-refractivity contribution >= 4 is 35.3 Å². The molecule has 63 heavy (non-hydrogen) atoms. The highest BCUT2D eigenvalue weighted by Crippen LogP contribution is 2.28. The van der Waals surface area contributed by atoms with Gasteiger partial charge in [0, 0.05) is 38.1 Å². The van der Waals surface area contributed by atoms with Gasteiger partial charge in [0.05, 0.1) is 18.1 Å². The van der Waals surface area contributed by atoms with Crippen LogP contribution in [0, 0.1) is 23.7 Å². The Labute approximate surface area is 372 Å². The molecular weight excluding hydrogens is 805 g/mol. The third kappa shape index (κ3) is 16.3. The van der Waals surface area contributed by atoms with Crippen LogP contribution >= 0.6 is 0 Å². The lowest BCUT2D eigenvalue weighted by Crippen LogP contribution is -2.62. The normalized spacial score (nSPS) is 27.9. The van der Waals surface area contributed by atoms with Gasteiger partial charge in [0.2, 0.25) is 11.8 Å². The minimum absolute atomic E-state index is 0.0223. The van der Waals surface area contributed by atoms with Crippen LogP contribution in [-0.4, -0.2) is 98.6 Å². The summed E-state index contributed by atoms with van der Waals surface area (Å²) in [6.45, 7) is 8.41. The molecule has 3 amide bonds. The summed E-state index contributed by atoms with van der Waals surface area (Å²) in [7, 11) is 0. The molecule has 2 heterocycles. The molecule has 2 fully saturated rings. The Morgan fingerprint density at radius 1 is 0.937 bits per heavy atom. The number of Topliss-reactive ketones (excluding diaryl/α,β-unsaturated/α-hetero) is 1. The number of ether oxygens (including phenoxy) is 1. The van der Waals surface area contributed by atoms with Crippen molar-refractivity contribution in [1.29, 1.82) is 0 Å². The number of carbonyl (C=O) groups excluding carboxylic acids is 6. The van der Waals surface area contributed by atoms with E-state index in [1.54, 1.807) is 76.3 Å². The van der Waals surface area contributed by atoms with E-state index in [-0.39, 0.29) is 49.5 Å². The Bertz CT molecular complexity index is 1850. The number of esters is 1. The molecule has 0 aromatic heterocycles. The molecule has 2 bridgehead atoms. The van der Waals surface area contributed by atoms with Gasteiger partial charge in [-0.15, -0.1) is 0 Å². The predicted molar refractivity (Wildman–Crippen MR) is 239 cm³/mol. The standard InChI is InChI=1S/C49H70N4O10/c1-31(2)44-47(60)50-41(30-36-18-13-20-38(56)29-36)48(61)53-28-14-21-40(52-53)49(62)63-43(32(3)15-12-19-37(55)26-25-35-16-8-6-9-17-35)23-11-7-10-22-42(57)34(5)45(58)39(46(59)51-44)27-24-33(4)54/h7,10-13,15,18-20,22,29,31,34-35,39-45,52,56-58H,6,8-9,14,16-17,21,23-28,30H2,1-5H3,(H,50,60)(H,51,59)/t34-,39+,40?,41-,42-,43-,44-,45+/m0/s1. The Kier molecular flexibility index (Phi) is 20.4. The third-order valence-corrected chi connectivity index (χ3v) is 12.4. The molecule has 1 aromatic carbocycles. The summed E-state index contributed by atoms with van der Waals surface area (Å²) in [6, 6.07) is 2.98. The van der Waals surface area contributed by atoms with Crippen LogP contribution in [-0.2, 0) is 39.9 Å². The number of amides is 3. The molecule has 4 rings (SSSR count). The lowest BCUT2D eigenvalue weighted by Gasteiger charge is -2.36. The minimum Gasteiger partial charge on any atom is -0.508 e. The zero-order chi connectivity index (χ0) is 46.1. The average Bonchev–Trinajstić information content (AvgIpc) is 3.25. The number of nitrogens with zero attached hydrogens (tertiary/aromatic N) is 1. The van der Waals surface area contributed by atoms with Gasteiger partial charge in [0.15, 0.2) is 5.78 Å². The Balaban J connectivity index is 1.66. The van der Waals surface area contributed by atoms with Gasteiger partial charge < -0.3 is 35.5 Å². The largest absolute Gasteiger partial charge is 0.508 e. The number of aromatic hydroxyl groups is 1. The van der Waals surface area contributed by atoms with Gasteiger partial charge >= 0.3 is 5.97 Å². The Morgan fingerprint density at radius 2 is 1.68 bits per heavy atom. The quantitative estimate of drug-likeness (QED) is 0.0907. The summed E-state index contributed by atoms with van der Waals surface area (Å²) in [5.41, 5.74) is 4.24. The second-order valence-corrected chi connectivity index (χ2v) is 17.9. The van der Waals surface area contributed by atoms with Gasteiger partial charge in [0.1, 0.15) is 35.8 Å². The number of hydrogen-bond donors (Lipinski definition) is 6. The van der Waals surface area contributed by atoms with Crippen LogP contribution in [0.5, 0.6) is 5.75 Å². The van der Waals surface area contributed by atoms with Gasteiger partial charge in [-0.3, -0.25) is 29.0 Å². The number of ketones is 2. The molecule has 0 radical (unpaired) electrons. The second kappa shape index (κ2) is 25.4. The molecule has 0 spiro atoms. The molecule has 1 saturated heterocycles. The van der Waals surface area contributed by atoms with Crippen molar-refractivity contribution in [1.82, 2.24) is 21.1 Å². The number of allylic oxidation sites excluding steroid dienone is 5. The zero-order valence-corrected chi connectivity index (χ0v) is 37.7. The molecule has 3 aliphatic rings. The van der Waals surface area contributed by atoms with Crippen LogP contribution < -0.4 is 16.1 Å². The second-order valence-electron chi connectivity index (χ2n) is 17.9. The number of hydrazine groups is 1. The maximum absolute atomic E-state index is 14.4. The third-order valence-electron chi connectivity index (χ3n) is 12.4. The van der Waals surface area contributed by atoms with E-state index in [4.69, 9.17) is 4.74 Å². The number of aliphatic hydroxyl groups is 2. The number of rotatable bonds is 12. The lowest BCUT2D eigenvalue weighted by molar-refractivity contribution is -0.156. The van der Waals surface area contributed by atoms with Gasteiger partial charge in [-0.05, 0) is 80.7 Å². The Hall–Kier alpha value is -4.92. The summed E-state index contributed by atoms with van der Waals surface area (Å²) in [4.78, 5) is 81.1. The van der Waals surface area contributed by atoms with Crippen LogP contribution in [0.4, 0.5) is 0 Å². The zero-order valence-electron chi connectivity index (χ0n) is 37.7. The van der Waals surface area contributed by atoms with Crippen molar-refractivity contribution in [3.05, 3.63) is 77.9 Å². The van der Waals surface area contributed by atoms with Gasteiger partial charge in [0.25, 0.3) is 5.91 Å². The molecule has 14 heteroatoms. The Morgan fingerprint density at radius 3 is 2.38 bits per heavy atom. The molecule has 1 saturated carbocycles. The maximum atomic E-state index is 14.4. The number of phenols is 1. The van der Waals surface area contributed by atoms with Crippen LogP contribution in [0.15, 0.2) is 72.4 Å². The van der Waals surface area contributed by atoms with Crippen LogP contribution in [0.25, 0.3) is 0 Å². The van der Waals surface area contributed by atoms with E-state index < -0.39 is 77.9 Å². The molecule has 1 aromatic rings. The monoisotopic (exact) mass is 875 g/mol. The molecule has 1 aliphatic carbocycles. The molecule has 14 nitrogen and oxygen atoms in total. The van der Waals surface area contributed by atoms with E-state index in [2.05, 4.69) is 16.1 Å². The first-order valence-corrected chi connectivity index (χ1v) is 22.8. The minimum atomic E-state index is -1.41. The number of carbonyl (C=O) groups is 6. The van der Waals surface area contributed by atoms with Crippen LogP contribution in [0.1, 0.15) is 117 Å². The molecule has 8 atom stereocenters. The SMILES string of the molecule is CC(=O)CC[C@H]1C(=O)N[C@@H](C(C)C)C(=O)N[C@@H](Cc2cccc(O)c2)C(=O)N2CCCC(N2)C(=O)O[C@H](C(C)=CC=CC(=O)CCC2CCCCC2)CC=CC=C[C@H](O)[C@H](C)[C@H]1O. The highest BCUT2D eigenvalue weighted by Gasteiger charge is 2.38. The summed E-state index contributed by atoms with van der Waals surface area (Å²) in [6.07, 6.45) is 16.4. The van der Waals surface area contributed by atoms with Crippen molar-refractivity contribution in [2.45, 2.75) is 155 Å². The van der Waals surface area contributed by atoms with Crippen molar-refractivity contribution < 1.29 is 48.8 Å². The van der Waals surface area contributed by atoms with Crippen LogP contribution in [0.3, 0.4) is 0 Å². The van der Waals surface area contributed by atoms with E-state index in [1.165, 1.54) is 62.2 Å². The molecular formula is C49H70N4O10. The predicted octanol–water partition coefficient (Wildman–Crippen LogP) is 5.26. The summed E-state index contributed by atoms with van der Waals surface area (Å²) in [5.74, 6) is -4.66. The fourth-order valence-corrected chi connectivity index (χ4v) is 8.37. The van der Waals surface area contributed by atoms with E-state index in [9.17, 15) is 44.1 Å². The maximum Gasteiger partial charge on any atom is 0.325 e. The summed E-state index contributed by atoms with van der Waals surface area (Å²) >= 11 is 0. The van der Waals surface area contributed by atoms with Crippen molar-refractivity contribution in [3.63, 3.8) is 0 Å². The van der Waals surface area contributed by atoms with Crippen molar-refractivity contribution in [2.24, 2.45) is 23.7 Å². The first-order chi connectivity index (χ1) is 30.0. The van der Waals surface area contributed by atoms with E-state index in [0.717, 1.165) is 6.42 Å². The smallest absolute Gasteiger partial charge is 0.325 e. The highest BCUT2D eigenvalue weighted by atomic mass is 16.5. The highest BCUT2D eigenvalue weighted by molar-refractivity contribution is 5.93. The fourth-order valence-electron chi connectivity index (χ4n) is 8.37. The van der Waals surface area contributed by atoms with Gasteiger partial charge in [-0.2, -0.15) is 0 Å². The van der Waals surface area contributed by atoms with Gasteiger partial charge in [-0.1, -0.05) is 101 Å². The van der Waals surface area contributed by atoms with Crippen LogP contribution in [0.2, 0.25) is 0 Å².